The maximum atomic E-state index is 12.5. The summed E-state index contributed by atoms with van der Waals surface area (Å²) in [4.78, 5) is 36.7. The Balaban J connectivity index is 5.49. The topological polar surface area (TPSA) is 60.4 Å². The summed E-state index contributed by atoms with van der Waals surface area (Å²) in [6.45, 7) is 14.8. The predicted molar refractivity (Wildman–Crippen MR) is 92.1 cm³/mol. The monoisotopic (exact) mass is 326 g/mol. The number of hydrogen-bond donors (Lipinski definition) is 0. The minimum Gasteiger partial charge on any atom is -0.465 e. The lowest BCUT2D eigenvalue weighted by Gasteiger charge is -2.40. The third kappa shape index (κ3) is 5.74. The van der Waals surface area contributed by atoms with Gasteiger partial charge in [-0.15, -0.1) is 0 Å². The van der Waals surface area contributed by atoms with Crippen molar-refractivity contribution in [3.8, 4) is 0 Å². The largest absolute Gasteiger partial charge is 0.465 e. The van der Waals surface area contributed by atoms with E-state index in [4.69, 9.17) is 4.74 Å². The molecule has 4 nitrogen and oxygen atoms in total. The minimum absolute atomic E-state index is 0.00907. The molecule has 2 unspecified atom stereocenters. The number of esters is 1. The van der Waals surface area contributed by atoms with E-state index in [1.54, 1.807) is 13.8 Å². The van der Waals surface area contributed by atoms with E-state index in [-0.39, 0.29) is 17.5 Å². The van der Waals surface area contributed by atoms with Gasteiger partial charge in [0.05, 0.1) is 12.0 Å². The lowest BCUT2D eigenvalue weighted by Crippen LogP contribution is -2.42. The molecular weight excluding hydrogens is 292 g/mol. The Bertz CT molecular complexity index is 452. The van der Waals surface area contributed by atoms with Gasteiger partial charge in [0.15, 0.2) is 0 Å². The van der Waals surface area contributed by atoms with Crippen molar-refractivity contribution in [2.24, 2.45) is 16.2 Å². The molecule has 0 amide bonds. The number of carbonyl (C=O) groups excluding carboxylic acids is 3. The highest BCUT2D eigenvalue weighted by molar-refractivity contribution is 5.86. The standard InChI is InChI=1S/C19H34O4/c1-9-11-23-16(22)18(7,10-2)13-19(8,15(4)21)12-17(5,6)14(3)20/h9-13H2,1-8H3. The molecule has 0 fully saturated rings. The summed E-state index contributed by atoms with van der Waals surface area (Å²) in [6.07, 6.45) is 2.19. The molecule has 0 aliphatic carbocycles. The summed E-state index contributed by atoms with van der Waals surface area (Å²) in [7, 11) is 0. The van der Waals surface area contributed by atoms with Crippen LogP contribution < -0.4 is 0 Å². The van der Waals surface area contributed by atoms with E-state index in [0.29, 0.717) is 25.9 Å². The molecular formula is C19H34O4. The smallest absolute Gasteiger partial charge is 0.311 e. The SMILES string of the molecule is CCCOC(=O)C(C)(CC)CC(C)(CC(C)(C)C(C)=O)C(C)=O. The van der Waals surface area contributed by atoms with Crippen molar-refractivity contribution < 1.29 is 19.1 Å². The molecule has 0 saturated heterocycles. The maximum absolute atomic E-state index is 12.5. The molecule has 0 aromatic carbocycles. The highest BCUT2D eigenvalue weighted by Gasteiger charge is 2.46. The molecule has 0 N–H and O–H groups in total. The van der Waals surface area contributed by atoms with Gasteiger partial charge < -0.3 is 4.74 Å². The van der Waals surface area contributed by atoms with Crippen LogP contribution in [0.3, 0.4) is 0 Å². The molecule has 0 saturated carbocycles. The number of Topliss-reactive ketones (excluding diaryl/α,β-unsaturated/α-hetero) is 2. The Hall–Kier alpha value is -1.19. The highest BCUT2D eigenvalue weighted by atomic mass is 16.5. The second-order valence-corrected chi connectivity index (χ2v) is 7.96. The van der Waals surface area contributed by atoms with Crippen LogP contribution in [0.1, 0.15) is 81.1 Å². The normalized spacial score (nSPS) is 17.0. The Morgan fingerprint density at radius 3 is 1.70 bits per heavy atom. The predicted octanol–water partition coefficient (Wildman–Crippen LogP) is 4.35. The summed E-state index contributed by atoms with van der Waals surface area (Å²) < 4.78 is 5.33. The van der Waals surface area contributed by atoms with Crippen molar-refractivity contribution >= 4 is 17.5 Å². The molecule has 0 aromatic rings. The van der Waals surface area contributed by atoms with E-state index >= 15 is 0 Å². The fourth-order valence-electron chi connectivity index (χ4n) is 2.98. The molecule has 2 atom stereocenters. The molecule has 0 bridgehead atoms. The van der Waals surface area contributed by atoms with Crippen LogP contribution in [0.25, 0.3) is 0 Å². The number of ether oxygens (including phenoxy) is 1. The first-order valence-corrected chi connectivity index (χ1v) is 8.54. The fraction of sp³-hybridized carbons (Fsp3) is 0.842. The molecule has 0 rings (SSSR count). The van der Waals surface area contributed by atoms with Crippen LogP contribution in [0.4, 0.5) is 0 Å². The number of carbonyl (C=O) groups is 3. The molecule has 134 valence electrons. The number of hydrogen-bond acceptors (Lipinski definition) is 4. The first-order chi connectivity index (χ1) is 10.3. The van der Waals surface area contributed by atoms with Crippen LogP contribution in [0, 0.1) is 16.2 Å². The van der Waals surface area contributed by atoms with Crippen LogP contribution >= 0.6 is 0 Å². The average molecular weight is 326 g/mol. The van der Waals surface area contributed by atoms with E-state index < -0.39 is 16.2 Å². The van der Waals surface area contributed by atoms with E-state index in [0.717, 1.165) is 6.42 Å². The zero-order chi connectivity index (χ0) is 18.5. The van der Waals surface area contributed by atoms with Crippen LogP contribution in [-0.4, -0.2) is 24.1 Å². The van der Waals surface area contributed by atoms with Crippen molar-refractivity contribution in [1.29, 1.82) is 0 Å². The highest BCUT2D eigenvalue weighted by Crippen LogP contribution is 2.45. The summed E-state index contributed by atoms with van der Waals surface area (Å²) in [6, 6.07) is 0. The lowest BCUT2D eigenvalue weighted by molar-refractivity contribution is -0.158. The second-order valence-electron chi connectivity index (χ2n) is 7.96. The molecule has 4 heteroatoms. The van der Waals surface area contributed by atoms with Crippen LogP contribution in [0.2, 0.25) is 0 Å². The molecule has 0 aromatic heterocycles. The zero-order valence-electron chi connectivity index (χ0n) is 16.2. The molecule has 0 radical (unpaired) electrons. The third-order valence-electron chi connectivity index (χ3n) is 5.13. The third-order valence-corrected chi connectivity index (χ3v) is 5.13. The van der Waals surface area contributed by atoms with Gasteiger partial charge in [0.25, 0.3) is 0 Å². The molecule has 0 aliphatic heterocycles. The molecule has 0 aliphatic rings. The van der Waals surface area contributed by atoms with Gasteiger partial charge in [-0.3, -0.25) is 14.4 Å². The van der Waals surface area contributed by atoms with Gasteiger partial charge in [0.1, 0.15) is 11.6 Å². The van der Waals surface area contributed by atoms with Crippen molar-refractivity contribution in [1.82, 2.24) is 0 Å². The van der Waals surface area contributed by atoms with Gasteiger partial charge in [-0.1, -0.05) is 34.6 Å². The minimum atomic E-state index is -0.731. The van der Waals surface area contributed by atoms with Gasteiger partial charge in [0.2, 0.25) is 0 Å². The van der Waals surface area contributed by atoms with Crippen molar-refractivity contribution in [2.75, 3.05) is 6.61 Å². The number of rotatable bonds is 10. The van der Waals surface area contributed by atoms with E-state index in [1.165, 1.54) is 0 Å². The van der Waals surface area contributed by atoms with Crippen LogP contribution in [0.15, 0.2) is 0 Å². The van der Waals surface area contributed by atoms with E-state index in [1.807, 2.05) is 41.5 Å². The quantitative estimate of drug-likeness (QED) is 0.560. The fourth-order valence-corrected chi connectivity index (χ4v) is 2.98. The van der Waals surface area contributed by atoms with Crippen molar-refractivity contribution in [2.45, 2.75) is 81.1 Å². The average Bonchev–Trinajstić information content (AvgIpc) is 2.43. The Morgan fingerprint density at radius 1 is 0.826 bits per heavy atom. The zero-order valence-corrected chi connectivity index (χ0v) is 16.2. The summed E-state index contributed by atoms with van der Waals surface area (Å²) in [5, 5.41) is 0. The van der Waals surface area contributed by atoms with E-state index in [9.17, 15) is 14.4 Å². The molecule has 23 heavy (non-hydrogen) atoms. The van der Waals surface area contributed by atoms with Crippen LogP contribution in [0.5, 0.6) is 0 Å². The van der Waals surface area contributed by atoms with Gasteiger partial charge in [-0.2, -0.15) is 0 Å². The van der Waals surface area contributed by atoms with Crippen molar-refractivity contribution in [3.05, 3.63) is 0 Å². The first-order valence-electron chi connectivity index (χ1n) is 8.54. The maximum Gasteiger partial charge on any atom is 0.311 e. The summed E-state index contributed by atoms with van der Waals surface area (Å²) in [5.74, 6) is -0.193. The molecule has 0 heterocycles. The Labute approximate surface area is 141 Å². The van der Waals surface area contributed by atoms with Gasteiger partial charge in [0, 0.05) is 10.8 Å². The van der Waals surface area contributed by atoms with Crippen LogP contribution in [-0.2, 0) is 19.1 Å². The van der Waals surface area contributed by atoms with Gasteiger partial charge in [-0.05, 0) is 46.5 Å². The summed E-state index contributed by atoms with van der Waals surface area (Å²) >= 11 is 0. The first kappa shape index (κ1) is 21.8. The van der Waals surface area contributed by atoms with Gasteiger partial charge >= 0.3 is 5.97 Å². The molecule has 0 spiro atoms. The summed E-state index contributed by atoms with van der Waals surface area (Å²) in [5.41, 5.74) is -2.05. The number of ketones is 2. The Kier molecular flexibility index (Phi) is 7.65. The van der Waals surface area contributed by atoms with E-state index in [2.05, 4.69) is 0 Å². The second kappa shape index (κ2) is 8.07. The Morgan fingerprint density at radius 2 is 1.35 bits per heavy atom. The van der Waals surface area contributed by atoms with Gasteiger partial charge in [-0.25, -0.2) is 0 Å². The lowest BCUT2D eigenvalue weighted by atomic mass is 9.63. The van der Waals surface area contributed by atoms with Crippen molar-refractivity contribution in [3.63, 3.8) is 0 Å².